The van der Waals surface area contributed by atoms with Crippen LogP contribution < -0.4 is 5.32 Å². The van der Waals surface area contributed by atoms with E-state index in [0.29, 0.717) is 33.0 Å². The molecule has 0 bridgehead atoms. The molecule has 1 aliphatic heterocycles. The summed E-state index contributed by atoms with van der Waals surface area (Å²) in [5, 5.41) is 6.21. The van der Waals surface area contributed by atoms with Gasteiger partial charge in [0.1, 0.15) is 11.9 Å². The van der Waals surface area contributed by atoms with Crippen molar-refractivity contribution in [1.82, 2.24) is 10.3 Å². The standard InChI is InChI=1S/C17H14BrClFN3O2S/c1-2-25-17(24)13-12(8-18)22-15(16-21-5-6-26-16)23-14(13)10-4-3-9(20)7-11(10)19/h3-7,14H,2,8H2,1H3,(H,22,23). The van der Waals surface area contributed by atoms with Crippen LogP contribution in [0.15, 0.2) is 46.0 Å². The minimum atomic E-state index is -0.727. The number of ether oxygens (including phenoxy) is 1. The summed E-state index contributed by atoms with van der Waals surface area (Å²) in [6, 6.07) is 3.30. The van der Waals surface area contributed by atoms with Gasteiger partial charge in [-0.05, 0) is 19.1 Å². The van der Waals surface area contributed by atoms with Crippen LogP contribution in [0.5, 0.6) is 0 Å². The Morgan fingerprint density at radius 1 is 1.50 bits per heavy atom. The number of allylic oxidation sites excluding steroid dienone is 1. The van der Waals surface area contributed by atoms with E-state index in [2.05, 4.69) is 31.2 Å². The molecule has 0 fully saturated rings. The van der Waals surface area contributed by atoms with Gasteiger partial charge >= 0.3 is 5.97 Å². The molecular formula is C17H14BrClFN3O2S. The summed E-state index contributed by atoms with van der Waals surface area (Å²) < 4.78 is 18.7. The third-order valence-electron chi connectivity index (χ3n) is 3.65. The van der Waals surface area contributed by atoms with Crippen molar-refractivity contribution in [2.24, 2.45) is 4.99 Å². The zero-order chi connectivity index (χ0) is 18.7. The molecule has 1 unspecified atom stereocenters. The van der Waals surface area contributed by atoms with Crippen molar-refractivity contribution >= 4 is 50.7 Å². The highest BCUT2D eigenvalue weighted by Crippen LogP contribution is 2.36. The molecule has 3 rings (SSSR count). The molecule has 5 nitrogen and oxygen atoms in total. The molecule has 0 radical (unpaired) electrons. The summed E-state index contributed by atoms with van der Waals surface area (Å²) >= 11 is 11.1. The summed E-state index contributed by atoms with van der Waals surface area (Å²) in [5.41, 5.74) is 1.46. The molecule has 0 spiro atoms. The fourth-order valence-corrected chi connectivity index (χ4v) is 3.85. The number of thiazole rings is 1. The molecule has 1 atom stereocenters. The molecule has 0 saturated carbocycles. The Labute approximate surface area is 167 Å². The van der Waals surface area contributed by atoms with E-state index < -0.39 is 17.8 Å². The van der Waals surface area contributed by atoms with Crippen LogP contribution in [0.1, 0.15) is 23.5 Å². The lowest BCUT2D eigenvalue weighted by Crippen LogP contribution is -2.34. The van der Waals surface area contributed by atoms with Gasteiger partial charge in [-0.25, -0.2) is 14.2 Å². The maximum absolute atomic E-state index is 13.5. The SMILES string of the molecule is CCOC(=O)C1=C(CBr)NC(c2nccs2)=NC1c1ccc(F)cc1Cl. The topological polar surface area (TPSA) is 63.6 Å². The summed E-state index contributed by atoms with van der Waals surface area (Å²) in [6.45, 7) is 1.96. The van der Waals surface area contributed by atoms with Crippen LogP contribution in [0.25, 0.3) is 0 Å². The second-order valence-electron chi connectivity index (χ2n) is 5.25. The molecule has 26 heavy (non-hydrogen) atoms. The van der Waals surface area contributed by atoms with Crippen molar-refractivity contribution in [2.45, 2.75) is 13.0 Å². The Balaban J connectivity index is 2.15. The van der Waals surface area contributed by atoms with Crippen molar-refractivity contribution in [3.8, 4) is 0 Å². The molecule has 0 saturated heterocycles. The molecular weight excluding hydrogens is 445 g/mol. The molecule has 1 aromatic heterocycles. The molecule has 1 N–H and O–H groups in total. The molecule has 136 valence electrons. The zero-order valence-corrected chi connectivity index (χ0v) is 16.8. The van der Waals surface area contributed by atoms with Crippen molar-refractivity contribution in [1.29, 1.82) is 0 Å². The van der Waals surface area contributed by atoms with E-state index in [1.807, 2.05) is 5.38 Å². The van der Waals surface area contributed by atoms with Gasteiger partial charge < -0.3 is 10.1 Å². The van der Waals surface area contributed by atoms with E-state index >= 15 is 0 Å². The van der Waals surface area contributed by atoms with Gasteiger partial charge in [-0.2, -0.15) is 0 Å². The number of hydrogen-bond donors (Lipinski definition) is 1. The monoisotopic (exact) mass is 457 g/mol. The maximum Gasteiger partial charge on any atom is 0.338 e. The Kier molecular flexibility index (Phi) is 6.05. The van der Waals surface area contributed by atoms with E-state index in [4.69, 9.17) is 16.3 Å². The first-order chi connectivity index (χ1) is 12.5. The molecule has 1 aliphatic rings. The first kappa shape index (κ1) is 19.0. The second kappa shape index (κ2) is 8.28. The van der Waals surface area contributed by atoms with Crippen molar-refractivity contribution < 1.29 is 13.9 Å². The van der Waals surface area contributed by atoms with Gasteiger partial charge in [-0.15, -0.1) is 11.3 Å². The summed E-state index contributed by atoms with van der Waals surface area (Å²) in [5.74, 6) is -0.436. The van der Waals surface area contributed by atoms with Gasteiger partial charge in [-0.1, -0.05) is 33.6 Å². The van der Waals surface area contributed by atoms with Crippen molar-refractivity contribution in [2.75, 3.05) is 11.9 Å². The van der Waals surface area contributed by atoms with E-state index in [1.165, 1.54) is 29.5 Å². The predicted molar refractivity (Wildman–Crippen MR) is 103 cm³/mol. The van der Waals surface area contributed by atoms with Crippen LogP contribution in [-0.2, 0) is 9.53 Å². The van der Waals surface area contributed by atoms with E-state index in [-0.39, 0.29) is 11.6 Å². The number of nitrogens with zero attached hydrogens (tertiary/aromatic N) is 2. The van der Waals surface area contributed by atoms with Gasteiger partial charge in [0.05, 0.1) is 12.2 Å². The number of benzene rings is 1. The number of rotatable bonds is 5. The zero-order valence-electron chi connectivity index (χ0n) is 13.6. The molecule has 1 aromatic carbocycles. The van der Waals surface area contributed by atoms with Crippen LogP contribution in [0.4, 0.5) is 4.39 Å². The molecule has 0 amide bonds. The Morgan fingerprint density at radius 3 is 2.92 bits per heavy atom. The molecule has 2 heterocycles. The molecule has 9 heteroatoms. The molecule has 0 aliphatic carbocycles. The highest BCUT2D eigenvalue weighted by molar-refractivity contribution is 9.09. The quantitative estimate of drug-likeness (QED) is 0.538. The number of amidine groups is 1. The smallest absolute Gasteiger partial charge is 0.338 e. The van der Waals surface area contributed by atoms with Gasteiger partial charge in [0, 0.05) is 33.2 Å². The first-order valence-corrected chi connectivity index (χ1v) is 10.1. The second-order valence-corrected chi connectivity index (χ2v) is 7.12. The van der Waals surface area contributed by atoms with Gasteiger partial charge in [0.2, 0.25) is 0 Å². The Hall–Kier alpha value is -1.77. The van der Waals surface area contributed by atoms with Crippen LogP contribution in [0.2, 0.25) is 5.02 Å². The molecule has 2 aromatic rings. The van der Waals surface area contributed by atoms with Crippen LogP contribution in [0, 0.1) is 5.82 Å². The lowest BCUT2D eigenvalue weighted by Gasteiger charge is -2.26. The van der Waals surface area contributed by atoms with Crippen molar-refractivity contribution in [3.05, 3.63) is 62.5 Å². The summed E-state index contributed by atoms with van der Waals surface area (Å²) in [7, 11) is 0. The lowest BCUT2D eigenvalue weighted by molar-refractivity contribution is -0.138. The van der Waals surface area contributed by atoms with Crippen molar-refractivity contribution in [3.63, 3.8) is 0 Å². The van der Waals surface area contributed by atoms with Crippen LogP contribution in [0.3, 0.4) is 0 Å². The third kappa shape index (κ3) is 3.82. The number of nitrogens with one attached hydrogen (secondary N) is 1. The van der Waals surface area contributed by atoms with Crippen LogP contribution >= 0.6 is 38.9 Å². The van der Waals surface area contributed by atoms with Gasteiger partial charge in [0.15, 0.2) is 10.8 Å². The number of aliphatic imine (C=N–C) groups is 1. The Morgan fingerprint density at radius 2 is 2.31 bits per heavy atom. The Bertz CT molecular complexity index is 886. The fourth-order valence-electron chi connectivity index (χ4n) is 2.55. The van der Waals surface area contributed by atoms with E-state index in [9.17, 15) is 9.18 Å². The minimum Gasteiger partial charge on any atom is -0.463 e. The third-order valence-corrected chi connectivity index (χ3v) is 5.31. The number of aromatic nitrogens is 1. The maximum atomic E-state index is 13.5. The average molecular weight is 459 g/mol. The number of hydrogen-bond acceptors (Lipinski definition) is 6. The summed E-state index contributed by atoms with van der Waals surface area (Å²) in [4.78, 5) is 21.5. The first-order valence-electron chi connectivity index (χ1n) is 7.70. The highest BCUT2D eigenvalue weighted by atomic mass is 79.9. The lowest BCUT2D eigenvalue weighted by atomic mass is 9.96. The number of carbonyl (C=O) groups excluding carboxylic acids is 1. The number of alkyl halides is 1. The normalized spacial score (nSPS) is 16.9. The minimum absolute atomic E-state index is 0.190. The van der Waals surface area contributed by atoms with Gasteiger partial charge in [-0.3, -0.25) is 4.99 Å². The van der Waals surface area contributed by atoms with E-state index in [0.717, 1.165) is 0 Å². The largest absolute Gasteiger partial charge is 0.463 e. The van der Waals surface area contributed by atoms with Crippen LogP contribution in [-0.4, -0.2) is 28.7 Å². The number of halogens is 3. The van der Waals surface area contributed by atoms with E-state index in [1.54, 1.807) is 13.1 Å². The van der Waals surface area contributed by atoms with Gasteiger partial charge in [0.25, 0.3) is 0 Å². The average Bonchev–Trinajstić information content (AvgIpc) is 3.15. The number of carbonyl (C=O) groups is 1. The highest BCUT2D eigenvalue weighted by Gasteiger charge is 2.33. The number of esters is 1. The fraction of sp³-hybridized carbons (Fsp3) is 0.235. The predicted octanol–water partition coefficient (Wildman–Crippen LogP) is 4.24. The summed E-state index contributed by atoms with van der Waals surface area (Å²) in [6.07, 6.45) is 1.67.